The molecular weight excluding hydrogens is 464 g/mol. The largest absolute Gasteiger partial charge is 0.437 e. The maximum atomic E-state index is 12.1. The van der Waals surface area contributed by atoms with Gasteiger partial charge >= 0.3 is 0 Å². The molecule has 1 atom stereocenters. The molecule has 8 heteroatoms. The minimum atomic E-state index is -0.359. The van der Waals surface area contributed by atoms with Gasteiger partial charge in [-0.2, -0.15) is 0 Å². The molecular formula is C29H28N6O2. The number of pyridine rings is 1. The lowest BCUT2D eigenvalue weighted by atomic mass is 10.0. The Labute approximate surface area is 215 Å². The van der Waals surface area contributed by atoms with E-state index in [0.29, 0.717) is 35.0 Å². The molecule has 0 bridgehead atoms. The average molecular weight is 493 g/mol. The number of rotatable bonds is 6. The molecule has 1 saturated heterocycles. The van der Waals surface area contributed by atoms with Crippen molar-refractivity contribution >= 4 is 28.3 Å². The number of carbonyl (C=O) groups excluding carboxylic acids is 1. The molecule has 186 valence electrons. The Morgan fingerprint density at radius 2 is 2.00 bits per heavy atom. The summed E-state index contributed by atoms with van der Waals surface area (Å²) in [5, 5.41) is 11.4. The highest BCUT2D eigenvalue weighted by molar-refractivity contribution is 6.10. The molecule has 0 spiro atoms. The van der Waals surface area contributed by atoms with Crippen LogP contribution in [-0.2, 0) is 4.79 Å². The summed E-state index contributed by atoms with van der Waals surface area (Å²) < 4.78 is 6.46. The number of anilines is 2. The molecule has 0 radical (unpaired) electrons. The van der Waals surface area contributed by atoms with Gasteiger partial charge in [0.15, 0.2) is 0 Å². The first-order chi connectivity index (χ1) is 18.1. The number of fused-ring (bicyclic) bond motifs is 1. The Balaban J connectivity index is 1.48. The van der Waals surface area contributed by atoms with Crippen LogP contribution in [0.5, 0.6) is 11.6 Å². The van der Waals surface area contributed by atoms with Crippen LogP contribution in [0, 0.1) is 18.8 Å². The zero-order valence-electron chi connectivity index (χ0n) is 20.8. The van der Waals surface area contributed by atoms with Crippen molar-refractivity contribution in [3.8, 4) is 34.7 Å². The Bertz CT molecular complexity index is 1500. The Kier molecular flexibility index (Phi) is 7.24. The van der Waals surface area contributed by atoms with Crippen molar-refractivity contribution in [2.75, 3.05) is 23.7 Å². The van der Waals surface area contributed by atoms with Crippen LogP contribution in [-0.4, -0.2) is 40.0 Å². The van der Waals surface area contributed by atoms with Gasteiger partial charge in [0.2, 0.25) is 11.8 Å². The van der Waals surface area contributed by atoms with Gasteiger partial charge in [-0.15, -0.1) is 0 Å². The lowest BCUT2D eigenvalue weighted by Gasteiger charge is -2.23. The summed E-state index contributed by atoms with van der Waals surface area (Å²) in [4.78, 5) is 25.8. The van der Waals surface area contributed by atoms with Gasteiger partial charge in [0.1, 0.15) is 5.75 Å². The van der Waals surface area contributed by atoms with Crippen molar-refractivity contribution in [3.63, 3.8) is 0 Å². The van der Waals surface area contributed by atoms with Gasteiger partial charge in [0, 0.05) is 41.4 Å². The van der Waals surface area contributed by atoms with E-state index in [-0.39, 0.29) is 5.91 Å². The first-order valence-electron chi connectivity index (χ1n) is 12.3. The van der Waals surface area contributed by atoms with Crippen molar-refractivity contribution in [2.24, 2.45) is 0 Å². The average Bonchev–Trinajstić information content (AvgIpc) is 2.91. The number of carbonyl (C=O) groups is 1. The molecule has 8 nitrogen and oxygen atoms in total. The quantitative estimate of drug-likeness (QED) is 0.329. The molecule has 1 aliphatic rings. The standard InChI is InChI=1S/C29H28N6O2/c1-3-7-26(36)34-24-11-4-9-22-21(24)13-12-19(2)27(22)37-28-23(10-6-16-31-28)25-14-17-32-29(35-25)33-20-8-5-15-30-18-20/h4,6,9-14,16-17,20,30H,5,8,15,18H2,1-2H3,(H,34,36)(H,32,33,35)/t20-/m0/s1. The summed E-state index contributed by atoms with van der Waals surface area (Å²) in [6.07, 6.45) is 5.65. The summed E-state index contributed by atoms with van der Waals surface area (Å²) in [5.74, 6) is 6.47. The Hall–Kier alpha value is -4.48. The van der Waals surface area contributed by atoms with E-state index in [4.69, 9.17) is 9.72 Å². The molecule has 2 aromatic carbocycles. The second kappa shape index (κ2) is 11.1. The van der Waals surface area contributed by atoms with Crippen LogP contribution in [0.15, 0.2) is 60.9 Å². The molecule has 0 aliphatic carbocycles. The highest BCUT2D eigenvalue weighted by Gasteiger charge is 2.17. The SMILES string of the molecule is CC#CC(=O)Nc1cccc2c(Oc3ncccc3-c3ccnc(N[C@H]4CCCNC4)n3)c(C)ccc12. The minimum Gasteiger partial charge on any atom is -0.437 e. The first kappa shape index (κ1) is 24.2. The zero-order chi connectivity index (χ0) is 25.6. The summed E-state index contributed by atoms with van der Waals surface area (Å²) in [5.41, 5.74) is 3.08. The van der Waals surface area contributed by atoms with Crippen LogP contribution in [0.4, 0.5) is 11.6 Å². The molecule has 3 N–H and O–H groups in total. The molecule has 1 aliphatic heterocycles. The number of nitrogens with one attached hydrogen (secondary N) is 3. The lowest BCUT2D eigenvalue weighted by molar-refractivity contribution is -0.111. The van der Waals surface area contributed by atoms with Gasteiger partial charge in [-0.1, -0.05) is 30.2 Å². The first-order valence-corrected chi connectivity index (χ1v) is 12.3. The number of ether oxygens (including phenoxy) is 1. The molecule has 0 unspecified atom stereocenters. The minimum absolute atomic E-state index is 0.296. The van der Waals surface area contributed by atoms with Crippen molar-refractivity contribution < 1.29 is 9.53 Å². The highest BCUT2D eigenvalue weighted by atomic mass is 16.5. The van der Waals surface area contributed by atoms with Gasteiger partial charge in [-0.3, -0.25) is 4.79 Å². The number of piperidine rings is 1. The van der Waals surface area contributed by atoms with Gasteiger partial charge in [-0.25, -0.2) is 15.0 Å². The van der Waals surface area contributed by atoms with E-state index in [1.54, 1.807) is 19.3 Å². The predicted molar refractivity (Wildman–Crippen MR) is 146 cm³/mol. The van der Waals surface area contributed by atoms with E-state index in [9.17, 15) is 4.79 Å². The second-order valence-corrected chi connectivity index (χ2v) is 8.85. The maximum absolute atomic E-state index is 12.1. The molecule has 1 amide bonds. The van der Waals surface area contributed by atoms with E-state index in [1.165, 1.54) is 0 Å². The van der Waals surface area contributed by atoms with Crippen LogP contribution in [0.2, 0.25) is 0 Å². The fourth-order valence-corrected chi connectivity index (χ4v) is 4.45. The molecule has 3 heterocycles. The van der Waals surface area contributed by atoms with Crippen molar-refractivity contribution in [1.29, 1.82) is 0 Å². The summed E-state index contributed by atoms with van der Waals surface area (Å²) in [6.45, 7) is 5.55. The van der Waals surface area contributed by atoms with Crippen molar-refractivity contribution in [2.45, 2.75) is 32.7 Å². The van der Waals surface area contributed by atoms with Crippen LogP contribution in [0.1, 0.15) is 25.3 Å². The monoisotopic (exact) mass is 492 g/mol. The predicted octanol–water partition coefficient (Wildman–Crippen LogP) is 4.92. The summed E-state index contributed by atoms with van der Waals surface area (Å²) in [6, 6.07) is 15.6. The van der Waals surface area contributed by atoms with E-state index in [1.807, 2.05) is 55.5 Å². The fourth-order valence-electron chi connectivity index (χ4n) is 4.45. The molecule has 5 rings (SSSR count). The van der Waals surface area contributed by atoms with E-state index < -0.39 is 0 Å². The third kappa shape index (κ3) is 5.52. The molecule has 4 aromatic rings. The Morgan fingerprint density at radius 3 is 2.84 bits per heavy atom. The number of hydrogen-bond acceptors (Lipinski definition) is 7. The lowest BCUT2D eigenvalue weighted by Crippen LogP contribution is -2.38. The molecule has 2 aromatic heterocycles. The Morgan fingerprint density at radius 1 is 1.08 bits per heavy atom. The molecule has 0 saturated carbocycles. The summed E-state index contributed by atoms with van der Waals surface area (Å²) >= 11 is 0. The van der Waals surface area contributed by atoms with Crippen molar-refractivity contribution in [1.82, 2.24) is 20.3 Å². The smallest absolute Gasteiger partial charge is 0.300 e. The number of aromatic nitrogens is 3. The number of benzene rings is 2. The van der Waals surface area contributed by atoms with Crippen LogP contribution in [0.3, 0.4) is 0 Å². The topological polar surface area (TPSA) is 101 Å². The molecule has 1 fully saturated rings. The number of nitrogens with zero attached hydrogens (tertiary/aromatic N) is 3. The fraction of sp³-hybridized carbons (Fsp3) is 0.241. The van der Waals surface area contributed by atoms with Gasteiger partial charge in [-0.05, 0) is 69.0 Å². The van der Waals surface area contributed by atoms with Gasteiger partial charge < -0.3 is 20.7 Å². The van der Waals surface area contributed by atoms with E-state index >= 15 is 0 Å². The van der Waals surface area contributed by atoms with Gasteiger partial charge in [0.05, 0.1) is 11.3 Å². The third-order valence-corrected chi connectivity index (χ3v) is 6.23. The van der Waals surface area contributed by atoms with Crippen LogP contribution >= 0.6 is 0 Å². The number of hydrogen-bond donors (Lipinski definition) is 3. The summed E-state index contributed by atoms with van der Waals surface area (Å²) in [7, 11) is 0. The second-order valence-electron chi connectivity index (χ2n) is 8.85. The zero-order valence-corrected chi connectivity index (χ0v) is 20.8. The van der Waals surface area contributed by atoms with Gasteiger partial charge in [0.25, 0.3) is 5.91 Å². The van der Waals surface area contributed by atoms with Crippen LogP contribution < -0.4 is 20.7 Å². The third-order valence-electron chi connectivity index (χ3n) is 6.23. The normalized spacial score (nSPS) is 14.9. The molecule has 37 heavy (non-hydrogen) atoms. The van der Waals surface area contributed by atoms with Crippen molar-refractivity contribution in [3.05, 3.63) is 66.5 Å². The number of amides is 1. The number of aryl methyl sites for hydroxylation is 1. The highest BCUT2D eigenvalue weighted by Crippen LogP contribution is 2.38. The van der Waals surface area contributed by atoms with Crippen LogP contribution in [0.25, 0.3) is 22.0 Å². The van der Waals surface area contributed by atoms with E-state index in [2.05, 4.69) is 37.8 Å². The van der Waals surface area contributed by atoms with E-state index in [0.717, 1.165) is 47.8 Å². The maximum Gasteiger partial charge on any atom is 0.300 e.